The number of hydrogen-bond donors (Lipinski definition) is 1. The van der Waals surface area contributed by atoms with Crippen LogP contribution in [0.15, 0.2) is 0 Å². The molecule has 0 aromatic heterocycles. The van der Waals surface area contributed by atoms with Gasteiger partial charge in [0, 0.05) is 28.9 Å². The molecule has 1 rings (SSSR count). The first-order valence-corrected chi connectivity index (χ1v) is 8.35. The van der Waals surface area contributed by atoms with Gasteiger partial charge in [0.2, 0.25) is 0 Å². The van der Waals surface area contributed by atoms with E-state index in [2.05, 4.69) is 19.2 Å². The molecule has 4 atom stereocenters. The lowest BCUT2D eigenvalue weighted by molar-refractivity contribution is 0.241. The SMILES string of the molecule is CC(CCS(C)=O)NCC1CCCCC1C. The van der Waals surface area contributed by atoms with E-state index in [1.807, 2.05) is 0 Å². The Labute approximate surface area is 103 Å². The van der Waals surface area contributed by atoms with Gasteiger partial charge in [0.15, 0.2) is 0 Å². The topological polar surface area (TPSA) is 29.1 Å². The van der Waals surface area contributed by atoms with E-state index in [0.29, 0.717) is 6.04 Å². The smallest absolute Gasteiger partial charge is 0.0246 e. The Balaban J connectivity index is 2.14. The van der Waals surface area contributed by atoms with E-state index in [9.17, 15) is 4.21 Å². The standard InChI is InChI=1S/C13H27NOS/c1-11-6-4-5-7-13(11)10-14-12(2)8-9-16(3)15/h11-14H,4-10H2,1-3H3. The Morgan fingerprint density at radius 1 is 1.38 bits per heavy atom. The first kappa shape index (κ1) is 14.2. The number of hydrogen-bond acceptors (Lipinski definition) is 2. The number of rotatable bonds is 6. The van der Waals surface area contributed by atoms with Crippen molar-refractivity contribution in [3.8, 4) is 0 Å². The molecule has 0 spiro atoms. The molecular weight excluding hydrogens is 218 g/mol. The van der Waals surface area contributed by atoms with Crippen molar-refractivity contribution < 1.29 is 4.21 Å². The van der Waals surface area contributed by atoms with Crippen molar-refractivity contribution in [2.24, 2.45) is 11.8 Å². The summed E-state index contributed by atoms with van der Waals surface area (Å²) in [5.74, 6) is 2.58. The van der Waals surface area contributed by atoms with Gasteiger partial charge in [-0.3, -0.25) is 4.21 Å². The second-order valence-electron chi connectivity index (χ2n) is 5.40. The maximum absolute atomic E-state index is 11.0. The summed E-state index contributed by atoms with van der Waals surface area (Å²) in [6.07, 6.45) is 8.44. The van der Waals surface area contributed by atoms with Gasteiger partial charge in [-0.2, -0.15) is 0 Å². The molecule has 1 saturated carbocycles. The van der Waals surface area contributed by atoms with Crippen LogP contribution in [0.2, 0.25) is 0 Å². The molecule has 1 aliphatic rings. The lowest BCUT2D eigenvalue weighted by Gasteiger charge is -2.30. The first-order chi connectivity index (χ1) is 7.59. The molecule has 0 aromatic rings. The maximum atomic E-state index is 11.0. The van der Waals surface area contributed by atoms with Gasteiger partial charge in [-0.15, -0.1) is 0 Å². The molecule has 0 aliphatic heterocycles. The molecular formula is C13H27NOS. The molecule has 2 nitrogen and oxygen atoms in total. The summed E-state index contributed by atoms with van der Waals surface area (Å²) in [6, 6.07) is 0.512. The summed E-state index contributed by atoms with van der Waals surface area (Å²) in [6.45, 7) is 5.75. The van der Waals surface area contributed by atoms with Gasteiger partial charge in [-0.1, -0.05) is 26.2 Å². The summed E-state index contributed by atoms with van der Waals surface area (Å²) >= 11 is 0. The van der Waals surface area contributed by atoms with Crippen LogP contribution in [0.25, 0.3) is 0 Å². The van der Waals surface area contributed by atoms with Gasteiger partial charge >= 0.3 is 0 Å². The first-order valence-electron chi connectivity index (χ1n) is 6.63. The Kier molecular flexibility index (Phi) is 6.59. The van der Waals surface area contributed by atoms with E-state index in [1.165, 1.54) is 25.7 Å². The van der Waals surface area contributed by atoms with Crippen molar-refractivity contribution in [2.75, 3.05) is 18.6 Å². The van der Waals surface area contributed by atoms with Crippen molar-refractivity contribution in [3.63, 3.8) is 0 Å². The third-order valence-electron chi connectivity index (χ3n) is 3.86. The quantitative estimate of drug-likeness (QED) is 0.779. The van der Waals surface area contributed by atoms with Gasteiger partial charge in [0.1, 0.15) is 0 Å². The zero-order valence-corrected chi connectivity index (χ0v) is 11.8. The van der Waals surface area contributed by atoms with Crippen LogP contribution < -0.4 is 5.32 Å². The van der Waals surface area contributed by atoms with E-state index in [-0.39, 0.29) is 0 Å². The third-order valence-corrected chi connectivity index (χ3v) is 4.67. The fourth-order valence-electron chi connectivity index (χ4n) is 2.49. The van der Waals surface area contributed by atoms with Crippen LogP contribution in [-0.2, 0) is 10.8 Å². The molecule has 1 aliphatic carbocycles. The Hall–Kier alpha value is 0.110. The molecule has 0 amide bonds. The second kappa shape index (κ2) is 7.44. The van der Waals surface area contributed by atoms with Gasteiger partial charge in [0.25, 0.3) is 0 Å². The van der Waals surface area contributed by atoms with Gasteiger partial charge in [0.05, 0.1) is 0 Å². The minimum absolute atomic E-state index is 0.512. The van der Waals surface area contributed by atoms with Crippen molar-refractivity contribution in [2.45, 2.75) is 52.0 Å². The fourth-order valence-corrected chi connectivity index (χ4v) is 3.18. The van der Waals surface area contributed by atoms with Crippen LogP contribution in [-0.4, -0.2) is 28.8 Å². The molecule has 4 unspecified atom stereocenters. The lowest BCUT2D eigenvalue weighted by Crippen LogP contribution is -2.35. The molecule has 0 aromatic carbocycles. The Morgan fingerprint density at radius 2 is 2.06 bits per heavy atom. The van der Waals surface area contributed by atoms with Gasteiger partial charge in [-0.25, -0.2) is 0 Å². The molecule has 3 heteroatoms. The minimum Gasteiger partial charge on any atom is -0.314 e. The number of nitrogens with one attached hydrogen (secondary N) is 1. The van der Waals surface area contributed by atoms with Crippen molar-refractivity contribution >= 4 is 10.8 Å². The highest BCUT2D eigenvalue weighted by molar-refractivity contribution is 7.84. The van der Waals surface area contributed by atoms with E-state index in [4.69, 9.17) is 0 Å². The summed E-state index contributed by atoms with van der Waals surface area (Å²) in [5, 5.41) is 3.60. The summed E-state index contributed by atoms with van der Waals surface area (Å²) in [4.78, 5) is 0. The van der Waals surface area contributed by atoms with Crippen molar-refractivity contribution in [1.29, 1.82) is 0 Å². The van der Waals surface area contributed by atoms with E-state index in [0.717, 1.165) is 30.6 Å². The van der Waals surface area contributed by atoms with Gasteiger partial charge < -0.3 is 5.32 Å². The van der Waals surface area contributed by atoms with Crippen LogP contribution in [0.1, 0.15) is 46.0 Å². The monoisotopic (exact) mass is 245 g/mol. The average molecular weight is 245 g/mol. The highest BCUT2D eigenvalue weighted by Gasteiger charge is 2.21. The largest absolute Gasteiger partial charge is 0.314 e. The summed E-state index contributed by atoms with van der Waals surface area (Å²) < 4.78 is 11.0. The highest BCUT2D eigenvalue weighted by atomic mass is 32.2. The van der Waals surface area contributed by atoms with Crippen molar-refractivity contribution in [3.05, 3.63) is 0 Å². The highest BCUT2D eigenvalue weighted by Crippen LogP contribution is 2.28. The molecule has 0 bridgehead atoms. The average Bonchev–Trinajstić information content (AvgIpc) is 2.25. The van der Waals surface area contributed by atoms with Crippen molar-refractivity contribution in [1.82, 2.24) is 5.32 Å². The van der Waals surface area contributed by atoms with Crippen LogP contribution in [0, 0.1) is 11.8 Å². The van der Waals surface area contributed by atoms with E-state index < -0.39 is 10.8 Å². The predicted molar refractivity (Wildman–Crippen MR) is 72.1 cm³/mol. The molecule has 0 radical (unpaired) electrons. The zero-order valence-electron chi connectivity index (χ0n) is 11.0. The zero-order chi connectivity index (χ0) is 12.0. The van der Waals surface area contributed by atoms with E-state index >= 15 is 0 Å². The third kappa shape index (κ3) is 5.44. The maximum Gasteiger partial charge on any atom is 0.0246 e. The van der Waals surface area contributed by atoms with Crippen LogP contribution in [0.5, 0.6) is 0 Å². The molecule has 16 heavy (non-hydrogen) atoms. The van der Waals surface area contributed by atoms with Crippen LogP contribution in [0.4, 0.5) is 0 Å². The molecule has 0 heterocycles. The summed E-state index contributed by atoms with van der Waals surface area (Å²) in [5.41, 5.74) is 0. The predicted octanol–water partition coefficient (Wildman–Crippen LogP) is 2.56. The second-order valence-corrected chi connectivity index (χ2v) is 6.95. The molecule has 0 saturated heterocycles. The normalized spacial score (nSPS) is 29.9. The lowest BCUT2D eigenvalue weighted by atomic mass is 9.80. The molecule has 1 N–H and O–H groups in total. The molecule has 1 fully saturated rings. The fraction of sp³-hybridized carbons (Fsp3) is 1.00. The Bertz CT molecular complexity index is 220. The summed E-state index contributed by atoms with van der Waals surface area (Å²) in [7, 11) is -0.641. The van der Waals surface area contributed by atoms with Crippen LogP contribution >= 0.6 is 0 Å². The van der Waals surface area contributed by atoms with Crippen LogP contribution in [0.3, 0.4) is 0 Å². The minimum atomic E-state index is -0.641. The Morgan fingerprint density at radius 3 is 2.69 bits per heavy atom. The van der Waals surface area contributed by atoms with Gasteiger partial charge in [-0.05, 0) is 38.1 Å². The van der Waals surface area contributed by atoms with E-state index in [1.54, 1.807) is 6.26 Å². The molecule has 96 valence electrons.